The van der Waals surface area contributed by atoms with Gasteiger partial charge in [0.15, 0.2) is 5.17 Å². The molecule has 1 saturated heterocycles. The predicted octanol–water partition coefficient (Wildman–Crippen LogP) is 4.18. The number of hydrogen-bond donors (Lipinski definition) is 1. The zero-order valence-corrected chi connectivity index (χ0v) is 13.9. The van der Waals surface area contributed by atoms with E-state index in [0.29, 0.717) is 10.1 Å². The topological polar surface area (TPSA) is 41.5 Å². The highest BCUT2D eigenvalue weighted by atomic mass is 127. The summed E-state index contributed by atoms with van der Waals surface area (Å²) in [6.45, 7) is 0. The maximum atomic E-state index is 12.0. The number of hydrogen-bond acceptors (Lipinski definition) is 3. The van der Waals surface area contributed by atoms with Crippen LogP contribution in [0.3, 0.4) is 0 Å². The summed E-state index contributed by atoms with van der Waals surface area (Å²) < 4.78 is 1.14. The number of nitrogens with one attached hydrogen (secondary N) is 1. The summed E-state index contributed by atoms with van der Waals surface area (Å²) in [6.07, 6.45) is 1.88. The van der Waals surface area contributed by atoms with E-state index in [9.17, 15) is 4.79 Å². The lowest BCUT2D eigenvalue weighted by Crippen LogP contribution is -2.19. The van der Waals surface area contributed by atoms with Crippen LogP contribution in [0.25, 0.3) is 6.08 Å². The summed E-state index contributed by atoms with van der Waals surface area (Å²) in [4.78, 5) is 17.1. The fraction of sp³-hybridized carbons (Fsp3) is 0. The second-order valence-electron chi connectivity index (χ2n) is 4.37. The molecule has 1 aliphatic heterocycles. The highest BCUT2D eigenvalue weighted by Gasteiger charge is 2.23. The molecule has 5 heteroatoms. The maximum Gasteiger partial charge on any atom is 0.264 e. The van der Waals surface area contributed by atoms with Crippen molar-refractivity contribution in [3.05, 3.63) is 68.6 Å². The third-order valence-electron chi connectivity index (χ3n) is 2.78. The molecule has 0 bridgehead atoms. The average molecular weight is 406 g/mol. The van der Waals surface area contributed by atoms with Gasteiger partial charge in [-0.05, 0) is 70.3 Å². The third kappa shape index (κ3) is 3.74. The van der Waals surface area contributed by atoms with E-state index in [4.69, 9.17) is 0 Å². The second kappa shape index (κ2) is 6.44. The number of halogens is 1. The Hall–Kier alpha value is -1.60. The fourth-order valence-corrected chi connectivity index (χ4v) is 3.26. The SMILES string of the molecule is O=C1NC(=Nc2ccccc2)S/C1=C/c1cccc(I)c1. The lowest BCUT2D eigenvalue weighted by molar-refractivity contribution is -0.115. The molecule has 1 heterocycles. The molecule has 1 aliphatic rings. The van der Waals surface area contributed by atoms with Crippen molar-refractivity contribution in [3.63, 3.8) is 0 Å². The Balaban J connectivity index is 1.84. The molecule has 1 fully saturated rings. The summed E-state index contributed by atoms with van der Waals surface area (Å²) in [5.74, 6) is -0.103. The smallest absolute Gasteiger partial charge is 0.264 e. The molecular weight excluding hydrogens is 395 g/mol. The number of amides is 1. The monoisotopic (exact) mass is 406 g/mol. The predicted molar refractivity (Wildman–Crippen MR) is 96.4 cm³/mol. The van der Waals surface area contributed by atoms with Crippen molar-refractivity contribution in [2.45, 2.75) is 0 Å². The van der Waals surface area contributed by atoms with Gasteiger partial charge in [0.2, 0.25) is 0 Å². The summed E-state index contributed by atoms with van der Waals surface area (Å²) >= 11 is 3.62. The Morgan fingerprint density at radius 2 is 1.90 bits per heavy atom. The number of thioether (sulfide) groups is 1. The van der Waals surface area contributed by atoms with Crippen LogP contribution in [0.15, 0.2) is 64.5 Å². The van der Waals surface area contributed by atoms with E-state index in [-0.39, 0.29) is 5.91 Å². The summed E-state index contributed by atoms with van der Waals surface area (Å²) in [5, 5.41) is 3.41. The van der Waals surface area contributed by atoms with Crippen LogP contribution in [-0.2, 0) is 4.79 Å². The average Bonchev–Trinajstić information content (AvgIpc) is 2.80. The van der Waals surface area contributed by atoms with Gasteiger partial charge in [-0.25, -0.2) is 4.99 Å². The standard InChI is InChI=1S/C16H11IN2OS/c17-12-6-4-5-11(9-12)10-14-15(20)19-16(21-14)18-13-7-2-1-3-8-13/h1-10H,(H,18,19,20)/b14-10+. The molecule has 0 aliphatic carbocycles. The van der Waals surface area contributed by atoms with E-state index < -0.39 is 0 Å². The first-order valence-electron chi connectivity index (χ1n) is 6.31. The van der Waals surface area contributed by atoms with E-state index in [1.807, 2.05) is 60.7 Å². The zero-order chi connectivity index (χ0) is 14.7. The minimum absolute atomic E-state index is 0.103. The third-order valence-corrected chi connectivity index (χ3v) is 4.37. The maximum absolute atomic E-state index is 12.0. The number of carbonyl (C=O) groups excluding carboxylic acids is 1. The first kappa shape index (κ1) is 14.3. The van der Waals surface area contributed by atoms with Crippen LogP contribution in [-0.4, -0.2) is 11.1 Å². The molecule has 0 saturated carbocycles. The van der Waals surface area contributed by atoms with E-state index in [1.54, 1.807) is 0 Å². The van der Waals surface area contributed by atoms with Gasteiger partial charge in [-0.2, -0.15) is 0 Å². The van der Waals surface area contributed by atoms with Gasteiger partial charge in [-0.1, -0.05) is 30.3 Å². The number of para-hydroxylation sites is 1. The molecule has 3 nitrogen and oxygen atoms in total. The number of carbonyl (C=O) groups is 1. The molecule has 3 rings (SSSR count). The minimum atomic E-state index is -0.103. The Kier molecular flexibility index (Phi) is 4.40. The van der Waals surface area contributed by atoms with Gasteiger partial charge in [0.05, 0.1) is 10.6 Å². The molecule has 0 radical (unpaired) electrons. The molecule has 21 heavy (non-hydrogen) atoms. The number of amidine groups is 1. The number of benzene rings is 2. The highest BCUT2D eigenvalue weighted by molar-refractivity contribution is 14.1. The van der Waals surface area contributed by atoms with Crippen molar-refractivity contribution >= 4 is 57.2 Å². The normalized spacial score (nSPS) is 18.2. The van der Waals surface area contributed by atoms with Crippen LogP contribution in [0.5, 0.6) is 0 Å². The van der Waals surface area contributed by atoms with Crippen molar-refractivity contribution < 1.29 is 4.79 Å². The highest BCUT2D eigenvalue weighted by Crippen LogP contribution is 2.28. The van der Waals surface area contributed by atoms with Gasteiger partial charge in [0, 0.05) is 3.57 Å². The Morgan fingerprint density at radius 3 is 2.67 bits per heavy atom. The summed E-state index contributed by atoms with van der Waals surface area (Å²) in [6, 6.07) is 17.6. The van der Waals surface area contributed by atoms with E-state index in [0.717, 1.165) is 14.8 Å². The van der Waals surface area contributed by atoms with Crippen molar-refractivity contribution in [3.8, 4) is 0 Å². The summed E-state index contributed by atoms with van der Waals surface area (Å²) in [5.41, 5.74) is 1.84. The van der Waals surface area contributed by atoms with Crippen LogP contribution in [0, 0.1) is 3.57 Å². The van der Waals surface area contributed by atoms with E-state index in [2.05, 4.69) is 32.9 Å². The van der Waals surface area contributed by atoms with Crippen molar-refractivity contribution in [1.82, 2.24) is 5.32 Å². The van der Waals surface area contributed by atoms with Crippen LogP contribution < -0.4 is 5.32 Å². The molecular formula is C16H11IN2OS. The Bertz CT molecular complexity index is 741. The number of aliphatic imine (C=N–C) groups is 1. The molecule has 104 valence electrons. The van der Waals surface area contributed by atoms with Crippen LogP contribution in [0.1, 0.15) is 5.56 Å². The lowest BCUT2D eigenvalue weighted by Gasteiger charge is -1.96. The molecule has 0 aromatic heterocycles. The van der Waals surface area contributed by atoms with Crippen LogP contribution >= 0.6 is 34.4 Å². The van der Waals surface area contributed by atoms with Crippen molar-refractivity contribution in [2.75, 3.05) is 0 Å². The van der Waals surface area contributed by atoms with Gasteiger partial charge < -0.3 is 5.32 Å². The van der Waals surface area contributed by atoms with Crippen molar-refractivity contribution in [1.29, 1.82) is 0 Å². The van der Waals surface area contributed by atoms with E-state index >= 15 is 0 Å². The van der Waals surface area contributed by atoms with Crippen LogP contribution in [0.2, 0.25) is 0 Å². The largest absolute Gasteiger partial charge is 0.300 e. The summed E-state index contributed by atoms with van der Waals surface area (Å²) in [7, 11) is 0. The molecule has 0 unspecified atom stereocenters. The van der Waals surface area contributed by atoms with Gasteiger partial charge in [0.1, 0.15) is 0 Å². The van der Waals surface area contributed by atoms with Crippen LogP contribution in [0.4, 0.5) is 5.69 Å². The molecule has 2 aromatic carbocycles. The quantitative estimate of drug-likeness (QED) is 0.601. The molecule has 2 aromatic rings. The minimum Gasteiger partial charge on any atom is -0.300 e. The van der Waals surface area contributed by atoms with Gasteiger partial charge in [0.25, 0.3) is 5.91 Å². The Morgan fingerprint density at radius 1 is 1.10 bits per heavy atom. The number of rotatable bonds is 2. The first-order chi connectivity index (χ1) is 10.2. The molecule has 1 N–H and O–H groups in total. The fourth-order valence-electron chi connectivity index (χ4n) is 1.85. The lowest BCUT2D eigenvalue weighted by atomic mass is 10.2. The zero-order valence-electron chi connectivity index (χ0n) is 10.9. The Labute approximate surface area is 140 Å². The van der Waals surface area contributed by atoms with Gasteiger partial charge in [-0.15, -0.1) is 0 Å². The first-order valence-corrected chi connectivity index (χ1v) is 8.20. The van der Waals surface area contributed by atoms with E-state index in [1.165, 1.54) is 11.8 Å². The van der Waals surface area contributed by atoms with Gasteiger partial charge >= 0.3 is 0 Å². The molecule has 0 atom stereocenters. The van der Waals surface area contributed by atoms with Gasteiger partial charge in [-0.3, -0.25) is 4.79 Å². The molecule has 1 amide bonds. The molecule has 0 spiro atoms. The van der Waals surface area contributed by atoms with Crippen molar-refractivity contribution in [2.24, 2.45) is 4.99 Å². The number of nitrogens with zero attached hydrogens (tertiary/aromatic N) is 1. The second-order valence-corrected chi connectivity index (χ2v) is 6.65.